The van der Waals surface area contributed by atoms with Crippen LogP contribution >= 0.6 is 12.2 Å². The van der Waals surface area contributed by atoms with E-state index in [1.807, 2.05) is 30.3 Å². The highest BCUT2D eigenvalue weighted by molar-refractivity contribution is 7.80. The predicted octanol–water partition coefficient (Wildman–Crippen LogP) is 3.12. The van der Waals surface area contributed by atoms with E-state index < -0.39 is 16.9 Å². The van der Waals surface area contributed by atoms with Gasteiger partial charge in [0.05, 0.1) is 41.9 Å². The molecule has 3 N–H and O–H groups in total. The Morgan fingerprint density at radius 2 is 1.97 bits per heavy atom. The highest BCUT2D eigenvalue weighted by Crippen LogP contribution is 2.41. The summed E-state index contributed by atoms with van der Waals surface area (Å²) in [5.74, 6) is 5.73. The molecular weight excluding hydrogens is 448 g/mol. The van der Waals surface area contributed by atoms with Gasteiger partial charge in [-0.15, -0.1) is 0 Å². The molecule has 0 radical (unpaired) electrons. The van der Waals surface area contributed by atoms with Gasteiger partial charge in [-0.05, 0) is 37.7 Å². The number of nitrogens with zero attached hydrogens (tertiary/aromatic N) is 2. The maximum Gasteiger partial charge on any atom is 0.338 e. The third-order valence-corrected chi connectivity index (χ3v) is 5.39. The van der Waals surface area contributed by atoms with E-state index in [0.29, 0.717) is 5.70 Å². The Kier molecular flexibility index (Phi) is 7.46. The number of methoxy groups -OCH3 is 1. The first kappa shape index (κ1) is 24.0. The average Bonchev–Trinajstić information content (AvgIpc) is 2.81. The molecule has 0 aliphatic carbocycles. The van der Waals surface area contributed by atoms with Crippen LogP contribution < -0.4 is 20.6 Å². The molecule has 3 rings (SSSR count). The van der Waals surface area contributed by atoms with Crippen LogP contribution in [-0.2, 0) is 16.1 Å². The van der Waals surface area contributed by atoms with Crippen LogP contribution in [0.5, 0.6) is 11.5 Å². The lowest BCUT2D eigenvalue weighted by molar-refractivity contribution is -0.385. The van der Waals surface area contributed by atoms with Crippen LogP contribution in [0.1, 0.15) is 31.0 Å². The van der Waals surface area contributed by atoms with Gasteiger partial charge in [-0.1, -0.05) is 30.3 Å². The molecule has 2 aromatic carbocycles. The zero-order valence-corrected chi connectivity index (χ0v) is 19.2. The van der Waals surface area contributed by atoms with E-state index in [0.717, 1.165) is 10.6 Å². The van der Waals surface area contributed by atoms with Gasteiger partial charge in [-0.2, -0.15) is 0 Å². The molecule has 33 heavy (non-hydrogen) atoms. The fraction of sp³-hybridized carbons (Fsp3) is 0.273. The molecule has 0 saturated carbocycles. The van der Waals surface area contributed by atoms with Crippen LogP contribution in [0.25, 0.3) is 0 Å². The van der Waals surface area contributed by atoms with Crippen LogP contribution in [0, 0.1) is 10.1 Å². The number of esters is 1. The normalized spacial score (nSPS) is 15.7. The SMILES string of the molecule is CCOC(=O)C1=C(C)N(N)C(=S)N[C@H]1c1cc(OC)c(OCc2ccccc2)cc1[N+](=O)[O-]. The first-order valence-electron chi connectivity index (χ1n) is 10.0. The number of nitro benzene ring substituents is 1. The molecule has 11 heteroatoms. The second-order valence-corrected chi connectivity index (χ2v) is 7.45. The Morgan fingerprint density at radius 1 is 1.27 bits per heavy atom. The van der Waals surface area contributed by atoms with E-state index in [9.17, 15) is 14.9 Å². The number of hydrazine groups is 1. The topological polar surface area (TPSA) is 129 Å². The monoisotopic (exact) mass is 472 g/mol. The van der Waals surface area contributed by atoms with Gasteiger partial charge in [0.2, 0.25) is 0 Å². The van der Waals surface area contributed by atoms with E-state index in [4.69, 9.17) is 32.3 Å². The minimum absolute atomic E-state index is 0.100. The minimum Gasteiger partial charge on any atom is -0.493 e. The summed E-state index contributed by atoms with van der Waals surface area (Å²) in [6.45, 7) is 3.56. The lowest BCUT2D eigenvalue weighted by atomic mass is 9.93. The molecule has 0 unspecified atom stereocenters. The Hall–Kier alpha value is -3.70. The van der Waals surface area contributed by atoms with Crippen LogP contribution in [0.4, 0.5) is 5.69 Å². The number of nitrogens with two attached hydrogens (primary N) is 1. The molecule has 10 nitrogen and oxygen atoms in total. The van der Waals surface area contributed by atoms with Gasteiger partial charge in [0.25, 0.3) is 5.69 Å². The number of carbonyl (C=O) groups is 1. The van der Waals surface area contributed by atoms with E-state index >= 15 is 0 Å². The van der Waals surface area contributed by atoms with Gasteiger partial charge in [-0.3, -0.25) is 15.1 Å². The van der Waals surface area contributed by atoms with Gasteiger partial charge in [0.1, 0.15) is 6.61 Å². The molecule has 0 spiro atoms. The number of allylic oxidation sites excluding steroid dienone is 1. The van der Waals surface area contributed by atoms with Gasteiger partial charge < -0.3 is 19.5 Å². The minimum atomic E-state index is -0.978. The Morgan fingerprint density at radius 3 is 2.58 bits per heavy atom. The lowest BCUT2D eigenvalue weighted by Gasteiger charge is -2.34. The molecule has 0 fully saturated rings. The number of hydrogen-bond donors (Lipinski definition) is 2. The maximum absolute atomic E-state index is 12.7. The lowest BCUT2D eigenvalue weighted by Crippen LogP contribution is -2.51. The summed E-state index contributed by atoms with van der Waals surface area (Å²) in [6.07, 6.45) is 0. The van der Waals surface area contributed by atoms with Crippen molar-refractivity contribution in [1.82, 2.24) is 10.3 Å². The number of ether oxygens (including phenoxy) is 3. The third-order valence-electron chi connectivity index (χ3n) is 5.08. The summed E-state index contributed by atoms with van der Waals surface area (Å²) in [5, 5.41) is 16.1. The standard InChI is InChI=1S/C22H24N4O6S/c1-4-31-21(27)19-13(2)25(23)22(33)24-20(19)15-10-17(30-3)18(11-16(15)26(28)29)32-12-14-8-6-5-7-9-14/h5-11,20H,4,12,23H2,1-3H3,(H,24,33)/t20-/m0/s1. The number of rotatable bonds is 8. The molecule has 1 aliphatic heterocycles. The molecule has 1 atom stereocenters. The van der Waals surface area contributed by atoms with Gasteiger partial charge in [0.15, 0.2) is 16.6 Å². The smallest absolute Gasteiger partial charge is 0.338 e. The van der Waals surface area contributed by atoms with Crippen molar-refractivity contribution in [2.45, 2.75) is 26.5 Å². The van der Waals surface area contributed by atoms with E-state index in [-0.39, 0.29) is 46.6 Å². The molecule has 0 bridgehead atoms. The van der Waals surface area contributed by atoms with Gasteiger partial charge in [0, 0.05) is 5.70 Å². The van der Waals surface area contributed by atoms with E-state index in [2.05, 4.69) is 5.32 Å². The summed E-state index contributed by atoms with van der Waals surface area (Å²) < 4.78 is 16.4. The molecule has 0 aromatic heterocycles. The van der Waals surface area contributed by atoms with Crippen LogP contribution in [0.3, 0.4) is 0 Å². The van der Waals surface area contributed by atoms with Crippen molar-refractivity contribution in [2.75, 3.05) is 13.7 Å². The molecular formula is C22H24N4O6S. The number of benzene rings is 2. The van der Waals surface area contributed by atoms with E-state index in [1.165, 1.54) is 19.2 Å². The summed E-state index contributed by atoms with van der Waals surface area (Å²) >= 11 is 5.26. The van der Waals surface area contributed by atoms with Crippen LogP contribution in [0.2, 0.25) is 0 Å². The zero-order valence-electron chi connectivity index (χ0n) is 18.4. The molecule has 0 saturated heterocycles. The van der Waals surface area contributed by atoms with Crippen molar-refractivity contribution in [3.05, 3.63) is 75.0 Å². The Labute approximate surface area is 196 Å². The number of carbonyl (C=O) groups excluding carboxylic acids is 1. The van der Waals surface area contributed by atoms with Crippen LogP contribution in [0.15, 0.2) is 53.7 Å². The van der Waals surface area contributed by atoms with Crippen LogP contribution in [-0.4, -0.2) is 34.7 Å². The largest absolute Gasteiger partial charge is 0.493 e. The average molecular weight is 473 g/mol. The number of nitro groups is 1. The third kappa shape index (κ3) is 5.04. The second-order valence-electron chi connectivity index (χ2n) is 7.07. The second kappa shape index (κ2) is 10.3. The molecule has 174 valence electrons. The maximum atomic E-state index is 12.7. The van der Waals surface area contributed by atoms with E-state index in [1.54, 1.807) is 13.8 Å². The van der Waals surface area contributed by atoms with Crippen molar-refractivity contribution < 1.29 is 23.9 Å². The molecule has 0 amide bonds. The fourth-order valence-corrected chi connectivity index (χ4v) is 3.68. The molecule has 2 aromatic rings. The van der Waals surface area contributed by atoms with Gasteiger partial charge >= 0.3 is 5.97 Å². The Bertz CT molecular complexity index is 1110. The first-order valence-corrected chi connectivity index (χ1v) is 10.5. The van der Waals surface area contributed by atoms with Gasteiger partial charge in [-0.25, -0.2) is 10.6 Å². The Balaban J connectivity index is 2.09. The van der Waals surface area contributed by atoms with Crippen molar-refractivity contribution >= 4 is 29.0 Å². The number of thiocarbonyl (C=S) groups is 1. The zero-order chi connectivity index (χ0) is 24.1. The molecule has 1 heterocycles. The predicted molar refractivity (Wildman–Crippen MR) is 124 cm³/mol. The first-order chi connectivity index (χ1) is 15.8. The molecule has 1 aliphatic rings. The quantitative estimate of drug-likeness (QED) is 0.194. The summed E-state index contributed by atoms with van der Waals surface area (Å²) in [4.78, 5) is 24.2. The number of nitrogens with one attached hydrogen (secondary N) is 1. The summed E-state index contributed by atoms with van der Waals surface area (Å²) in [7, 11) is 1.42. The summed E-state index contributed by atoms with van der Waals surface area (Å²) in [5.41, 5.74) is 1.19. The summed E-state index contributed by atoms with van der Waals surface area (Å²) in [6, 6.07) is 11.1. The fourth-order valence-electron chi connectivity index (χ4n) is 3.43. The van der Waals surface area contributed by atoms with Crippen molar-refractivity contribution in [2.24, 2.45) is 5.84 Å². The highest BCUT2D eigenvalue weighted by Gasteiger charge is 2.38. The van der Waals surface area contributed by atoms with Crippen molar-refractivity contribution in [3.63, 3.8) is 0 Å². The van der Waals surface area contributed by atoms with Crippen molar-refractivity contribution in [1.29, 1.82) is 0 Å². The van der Waals surface area contributed by atoms with Crippen molar-refractivity contribution in [3.8, 4) is 11.5 Å². The number of hydrogen-bond acceptors (Lipinski definition) is 8. The highest BCUT2D eigenvalue weighted by atomic mass is 32.1.